The second-order valence-electron chi connectivity index (χ2n) is 11.6. The molecule has 0 heterocycles. The van der Waals surface area contributed by atoms with Crippen LogP contribution in [0.5, 0.6) is 0 Å². The van der Waals surface area contributed by atoms with Crippen LogP contribution in [0, 0.1) is 0 Å². The largest absolute Gasteiger partial charge is 0.478 e. The summed E-state index contributed by atoms with van der Waals surface area (Å²) >= 11 is 7.54. The van der Waals surface area contributed by atoms with Crippen LogP contribution in [0.15, 0.2) is 138 Å². The van der Waals surface area contributed by atoms with Crippen LogP contribution in [0.3, 0.4) is 0 Å². The number of thioether (sulfide) groups is 1. The molecule has 8 nitrogen and oxygen atoms in total. The van der Waals surface area contributed by atoms with E-state index in [-0.39, 0.29) is 22.0 Å². The number of carbonyl (C=O) groups excluding carboxylic acids is 3. The van der Waals surface area contributed by atoms with Crippen molar-refractivity contribution in [2.75, 3.05) is 10.6 Å². The summed E-state index contributed by atoms with van der Waals surface area (Å²) < 4.78 is 0. The van der Waals surface area contributed by atoms with E-state index in [0.29, 0.717) is 27.6 Å². The highest BCUT2D eigenvalue weighted by molar-refractivity contribution is 8.00. The summed E-state index contributed by atoms with van der Waals surface area (Å²) in [7, 11) is 0. The molecule has 1 atom stereocenters. The van der Waals surface area contributed by atoms with Gasteiger partial charge in [-0.25, -0.2) is 4.79 Å². The Bertz CT molecular complexity index is 2030. The van der Waals surface area contributed by atoms with E-state index < -0.39 is 28.9 Å². The van der Waals surface area contributed by atoms with E-state index in [2.05, 4.69) is 29.8 Å². The predicted octanol–water partition coefficient (Wildman–Crippen LogP) is 9.04. The number of hydrogen-bond donors (Lipinski definition) is 4. The van der Waals surface area contributed by atoms with E-state index in [1.165, 1.54) is 30.0 Å². The molecule has 0 spiro atoms. The summed E-state index contributed by atoms with van der Waals surface area (Å²) in [4.78, 5) is 52.7. The average Bonchev–Trinajstić information content (AvgIpc) is 3.12. The lowest BCUT2D eigenvalue weighted by Gasteiger charge is -2.18. The standard InChI is InChI=1S/C40H34ClN3O5S/c1-25(2)27-18-16-26(17-19-27)22-35(44-37(45)29-12-7-4-8-13-29)38(46)42-31-14-9-15-32(24-31)50-36(28-10-5-3-6-11-28)39(47)43-34-23-30(40(48)49)20-21-33(34)41/h3-25,36H,1-2H3,(H,42,46)(H,43,47)(H,44,45)(H,48,49)/b35-22+. The van der Waals surface area contributed by atoms with Crippen molar-refractivity contribution in [3.05, 3.63) is 166 Å². The molecule has 0 fully saturated rings. The van der Waals surface area contributed by atoms with Gasteiger partial charge >= 0.3 is 5.97 Å². The summed E-state index contributed by atoms with van der Waals surface area (Å²) in [5, 5.41) is 17.3. The van der Waals surface area contributed by atoms with Gasteiger partial charge in [0.05, 0.1) is 16.3 Å². The number of amides is 3. The molecule has 5 aromatic rings. The molecule has 0 aliphatic carbocycles. The van der Waals surface area contributed by atoms with Crippen LogP contribution in [0.4, 0.5) is 11.4 Å². The van der Waals surface area contributed by atoms with E-state index in [0.717, 1.165) is 11.1 Å². The molecule has 1 unspecified atom stereocenters. The van der Waals surface area contributed by atoms with Crippen LogP contribution in [0.1, 0.15) is 62.4 Å². The van der Waals surface area contributed by atoms with Crippen LogP contribution >= 0.6 is 23.4 Å². The summed E-state index contributed by atoms with van der Waals surface area (Å²) in [6, 6.07) is 36.6. The number of carbonyl (C=O) groups is 4. The number of carboxylic acid groups (broad SMARTS) is 1. The van der Waals surface area contributed by atoms with E-state index in [4.69, 9.17) is 11.6 Å². The van der Waals surface area contributed by atoms with Gasteiger partial charge < -0.3 is 21.1 Å². The zero-order valence-corrected chi connectivity index (χ0v) is 28.8. The molecule has 5 aromatic carbocycles. The summed E-state index contributed by atoms with van der Waals surface area (Å²) in [5.74, 6) is -2.19. The van der Waals surface area contributed by atoms with Crippen molar-refractivity contribution in [2.24, 2.45) is 0 Å². The monoisotopic (exact) mass is 703 g/mol. The van der Waals surface area contributed by atoms with Gasteiger partial charge in [0.1, 0.15) is 10.9 Å². The minimum atomic E-state index is -1.15. The average molecular weight is 704 g/mol. The number of carboxylic acids is 1. The number of anilines is 2. The molecule has 0 saturated heterocycles. The Morgan fingerprint density at radius 1 is 0.720 bits per heavy atom. The third-order valence-electron chi connectivity index (χ3n) is 7.60. The van der Waals surface area contributed by atoms with Crippen LogP contribution in [0.2, 0.25) is 5.02 Å². The fourth-order valence-corrected chi connectivity index (χ4v) is 6.17. The SMILES string of the molecule is CC(C)c1ccc(/C=C(/NC(=O)c2ccccc2)C(=O)Nc2cccc(SC(C(=O)Nc3cc(C(=O)O)ccc3Cl)c3ccccc3)c2)cc1. The Kier molecular flexibility index (Phi) is 11.9. The minimum absolute atomic E-state index is 0.0157. The van der Waals surface area contributed by atoms with E-state index in [9.17, 15) is 24.3 Å². The Balaban J connectivity index is 1.39. The highest BCUT2D eigenvalue weighted by Gasteiger charge is 2.24. The van der Waals surface area contributed by atoms with Gasteiger partial charge in [-0.15, -0.1) is 11.8 Å². The maximum Gasteiger partial charge on any atom is 0.335 e. The molecule has 0 bridgehead atoms. The van der Waals surface area contributed by atoms with Gasteiger partial charge in [-0.3, -0.25) is 14.4 Å². The molecule has 0 saturated carbocycles. The maximum atomic E-state index is 13.7. The third kappa shape index (κ3) is 9.49. The van der Waals surface area contributed by atoms with E-state index >= 15 is 0 Å². The Hall–Kier alpha value is -5.64. The molecule has 0 radical (unpaired) electrons. The van der Waals surface area contributed by atoms with Gasteiger partial charge in [0.25, 0.3) is 11.8 Å². The number of benzene rings is 5. The van der Waals surface area contributed by atoms with Crippen molar-refractivity contribution < 1.29 is 24.3 Å². The topological polar surface area (TPSA) is 125 Å². The van der Waals surface area contributed by atoms with Crippen LogP contribution in [-0.2, 0) is 9.59 Å². The van der Waals surface area contributed by atoms with Gasteiger partial charge in [0.15, 0.2) is 0 Å². The molecule has 4 N–H and O–H groups in total. The number of nitrogens with one attached hydrogen (secondary N) is 3. The normalized spacial score (nSPS) is 11.8. The number of halogens is 1. The summed E-state index contributed by atoms with van der Waals surface area (Å²) in [6.45, 7) is 4.20. The lowest BCUT2D eigenvalue weighted by atomic mass is 10.0. The molecule has 252 valence electrons. The second-order valence-corrected chi connectivity index (χ2v) is 13.2. The van der Waals surface area contributed by atoms with Gasteiger partial charge in [-0.2, -0.15) is 0 Å². The first-order valence-corrected chi connectivity index (χ1v) is 17.0. The minimum Gasteiger partial charge on any atom is -0.478 e. The first kappa shape index (κ1) is 35.7. The quantitative estimate of drug-likeness (QED) is 0.0759. The molecule has 5 rings (SSSR count). The molecular formula is C40H34ClN3O5S. The zero-order chi connectivity index (χ0) is 35.6. The first-order chi connectivity index (χ1) is 24.1. The number of aromatic carboxylic acids is 1. The van der Waals surface area contributed by atoms with E-state index in [1.807, 2.05) is 60.7 Å². The van der Waals surface area contributed by atoms with E-state index in [1.54, 1.807) is 54.6 Å². The van der Waals surface area contributed by atoms with Gasteiger partial charge in [-0.1, -0.05) is 104 Å². The Morgan fingerprint density at radius 3 is 2.06 bits per heavy atom. The number of rotatable bonds is 12. The van der Waals surface area contributed by atoms with Crippen molar-refractivity contribution in [3.63, 3.8) is 0 Å². The molecule has 0 aliphatic heterocycles. The molecule has 0 aromatic heterocycles. The van der Waals surface area contributed by atoms with Crippen molar-refractivity contribution in [1.29, 1.82) is 0 Å². The number of hydrogen-bond acceptors (Lipinski definition) is 5. The third-order valence-corrected chi connectivity index (χ3v) is 9.18. The van der Waals surface area contributed by atoms with Crippen LogP contribution < -0.4 is 16.0 Å². The van der Waals surface area contributed by atoms with Crippen molar-refractivity contribution in [3.8, 4) is 0 Å². The summed E-state index contributed by atoms with van der Waals surface area (Å²) in [5.41, 5.74) is 3.65. The smallest absolute Gasteiger partial charge is 0.335 e. The lowest BCUT2D eigenvalue weighted by molar-refractivity contribution is -0.116. The van der Waals surface area contributed by atoms with Crippen molar-refractivity contribution in [2.45, 2.75) is 29.9 Å². The predicted molar refractivity (Wildman–Crippen MR) is 200 cm³/mol. The molecule has 50 heavy (non-hydrogen) atoms. The zero-order valence-electron chi connectivity index (χ0n) is 27.2. The molecule has 0 aliphatic rings. The Morgan fingerprint density at radius 2 is 1.40 bits per heavy atom. The highest BCUT2D eigenvalue weighted by Crippen LogP contribution is 2.38. The van der Waals surface area contributed by atoms with Crippen molar-refractivity contribution in [1.82, 2.24) is 5.32 Å². The molecule has 3 amide bonds. The fourth-order valence-electron chi connectivity index (χ4n) is 4.92. The van der Waals surface area contributed by atoms with Crippen molar-refractivity contribution >= 4 is 64.5 Å². The molecular weight excluding hydrogens is 670 g/mol. The highest BCUT2D eigenvalue weighted by atomic mass is 35.5. The lowest BCUT2D eigenvalue weighted by Crippen LogP contribution is -2.30. The maximum absolute atomic E-state index is 13.7. The molecule has 10 heteroatoms. The van der Waals surface area contributed by atoms with Gasteiger partial charge in [-0.05, 0) is 77.2 Å². The second kappa shape index (κ2) is 16.6. The Labute approximate surface area is 299 Å². The van der Waals surface area contributed by atoms with Crippen LogP contribution in [-0.4, -0.2) is 28.8 Å². The fraction of sp³-hybridized carbons (Fsp3) is 0.100. The van der Waals surface area contributed by atoms with Gasteiger partial charge in [0.2, 0.25) is 5.91 Å². The first-order valence-electron chi connectivity index (χ1n) is 15.7. The van der Waals surface area contributed by atoms with Gasteiger partial charge in [0, 0.05) is 16.1 Å². The van der Waals surface area contributed by atoms with Crippen LogP contribution in [0.25, 0.3) is 6.08 Å². The summed E-state index contributed by atoms with van der Waals surface area (Å²) in [6.07, 6.45) is 1.62.